The fourth-order valence-electron chi connectivity index (χ4n) is 1.17. The van der Waals surface area contributed by atoms with Gasteiger partial charge >= 0.3 is 6.18 Å². The third kappa shape index (κ3) is 3.45. The Morgan fingerprint density at radius 2 is 2.00 bits per heavy atom. The van der Waals surface area contributed by atoms with E-state index in [2.05, 4.69) is 0 Å². The Bertz CT molecular complexity index is 576. The maximum atomic E-state index is 12.4. The van der Waals surface area contributed by atoms with Gasteiger partial charge < -0.3 is 0 Å². The van der Waals surface area contributed by atoms with Gasteiger partial charge in [0, 0.05) is 0 Å². The zero-order valence-electron chi connectivity index (χ0n) is 9.19. The van der Waals surface area contributed by atoms with E-state index in [1.54, 1.807) is 6.07 Å². The summed E-state index contributed by atoms with van der Waals surface area (Å²) in [6.45, 7) is 1.28. The Labute approximate surface area is 102 Å². The van der Waals surface area contributed by atoms with E-state index in [0.717, 1.165) is 18.2 Å². The first-order valence-corrected chi connectivity index (χ1v) is 6.24. The van der Waals surface area contributed by atoms with Gasteiger partial charge in [-0.05, 0) is 25.1 Å². The van der Waals surface area contributed by atoms with Gasteiger partial charge in [-0.1, -0.05) is 6.07 Å². The number of nitrogens with zero attached hydrogens (tertiary/aromatic N) is 1. The van der Waals surface area contributed by atoms with E-state index in [1.165, 1.54) is 6.92 Å². The van der Waals surface area contributed by atoms with E-state index in [-0.39, 0.29) is 0 Å². The van der Waals surface area contributed by atoms with E-state index in [1.807, 2.05) is 4.72 Å². The minimum Gasteiger partial charge on any atom is -0.207 e. The molecule has 0 aliphatic rings. The second-order valence-electron chi connectivity index (χ2n) is 3.50. The zero-order chi connectivity index (χ0) is 14.0. The molecule has 1 N–H and O–H groups in total. The van der Waals surface area contributed by atoms with Gasteiger partial charge in [-0.25, -0.2) is 8.42 Å². The predicted molar refractivity (Wildman–Crippen MR) is 56.8 cm³/mol. The number of benzene rings is 1. The number of halogens is 3. The predicted octanol–water partition coefficient (Wildman–Crippen LogP) is 1.90. The summed E-state index contributed by atoms with van der Waals surface area (Å²) in [6.07, 6.45) is -4.62. The quantitative estimate of drug-likeness (QED) is 0.918. The molecule has 0 heterocycles. The Hall–Kier alpha value is -1.59. The van der Waals surface area contributed by atoms with Crippen LogP contribution in [-0.4, -0.2) is 14.5 Å². The van der Waals surface area contributed by atoms with Gasteiger partial charge in [0.25, 0.3) is 0 Å². The molecule has 0 amide bonds. The summed E-state index contributed by atoms with van der Waals surface area (Å²) in [5.41, 5.74) is -1.06. The lowest BCUT2D eigenvalue weighted by Gasteiger charge is -2.10. The van der Waals surface area contributed by atoms with Gasteiger partial charge in [-0.15, -0.1) is 0 Å². The first-order chi connectivity index (χ1) is 8.16. The molecule has 1 aromatic carbocycles. The molecule has 0 spiro atoms. The first-order valence-electron chi connectivity index (χ1n) is 4.76. The van der Waals surface area contributed by atoms with Crippen LogP contribution in [0.5, 0.6) is 0 Å². The van der Waals surface area contributed by atoms with Gasteiger partial charge in [0.05, 0.1) is 16.5 Å². The van der Waals surface area contributed by atoms with Crippen LogP contribution in [0.15, 0.2) is 29.2 Å². The molecule has 0 radical (unpaired) electrons. The average Bonchev–Trinajstić information content (AvgIpc) is 2.27. The molecule has 0 aromatic heterocycles. The second-order valence-corrected chi connectivity index (χ2v) is 5.21. The monoisotopic (exact) mass is 278 g/mol. The molecule has 1 aromatic rings. The molecule has 0 saturated heterocycles. The number of hydrogen-bond acceptors (Lipinski definition) is 3. The fraction of sp³-hybridized carbons (Fsp3) is 0.300. The zero-order valence-corrected chi connectivity index (χ0v) is 10.0. The maximum Gasteiger partial charge on any atom is 0.416 e. The van der Waals surface area contributed by atoms with Gasteiger partial charge in [0.1, 0.15) is 6.04 Å². The highest BCUT2D eigenvalue weighted by atomic mass is 32.2. The number of rotatable bonds is 3. The topological polar surface area (TPSA) is 70.0 Å². The minimum atomic E-state index is -4.62. The van der Waals surface area contributed by atoms with E-state index in [0.29, 0.717) is 6.07 Å². The maximum absolute atomic E-state index is 12.4. The summed E-state index contributed by atoms with van der Waals surface area (Å²) in [5.74, 6) is 0. The lowest BCUT2D eigenvalue weighted by Crippen LogP contribution is -2.31. The van der Waals surface area contributed by atoms with Crippen LogP contribution in [0.3, 0.4) is 0 Å². The third-order valence-electron chi connectivity index (χ3n) is 2.00. The molecule has 0 aliphatic heterocycles. The average molecular weight is 278 g/mol. The minimum absolute atomic E-state index is 0.520. The third-order valence-corrected chi connectivity index (χ3v) is 3.54. The van der Waals surface area contributed by atoms with Crippen molar-refractivity contribution in [1.82, 2.24) is 4.72 Å². The summed E-state index contributed by atoms with van der Waals surface area (Å²) in [4.78, 5) is -0.528. The fourth-order valence-corrected chi connectivity index (χ4v) is 2.36. The molecular formula is C10H9F3N2O2S. The van der Waals surface area contributed by atoms with E-state index < -0.39 is 32.7 Å². The Balaban J connectivity index is 3.16. The van der Waals surface area contributed by atoms with E-state index >= 15 is 0 Å². The molecule has 0 saturated carbocycles. The van der Waals surface area contributed by atoms with Crippen molar-refractivity contribution in [3.8, 4) is 6.07 Å². The summed E-state index contributed by atoms with van der Waals surface area (Å²) < 4.78 is 62.5. The normalized spacial score (nSPS) is 13.9. The number of sulfonamides is 1. The van der Waals surface area contributed by atoms with Crippen molar-refractivity contribution in [2.75, 3.05) is 0 Å². The van der Waals surface area contributed by atoms with Crippen molar-refractivity contribution < 1.29 is 21.6 Å². The number of alkyl halides is 3. The molecule has 8 heteroatoms. The van der Waals surface area contributed by atoms with Crippen LogP contribution < -0.4 is 4.72 Å². The molecule has 98 valence electrons. The van der Waals surface area contributed by atoms with Crippen molar-refractivity contribution in [2.45, 2.75) is 24.0 Å². The number of hydrogen-bond donors (Lipinski definition) is 1. The van der Waals surface area contributed by atoms with E-state index in [9.17, 15) is 21.6 Å². The van der Waals surface area contributed by atoms with Crippen LogP contribution >= 0.6 is 0 Å². The summed E-state index contributed by atoms with van der Waals surface area (Å²) in [7, 11) is -4.13. The van der Waals surface area contributed by atoms with Crippen LogP contribution in [0.25, 0.3) is 0 Å². The standard InChI is InChI=1S/C10H9F3N2O2S/c1-7(6-14)15-18(16,17)9-4-2-3-8(5-9)10(11,12)13/h2-5,7,15H,1H3. The van der Waals surface area contributed by atoms with Gasteiger partial charge in [-0.2, -0.15) is 23.2 Å². The summed E-state index contributed by atoms with van der Waals surface area (Å²) in [5, 5.41) is 8.47. The molecular weight excluding hydrogens is 269 g/mol. The van der Waals surface area contributed by atoms with Gasteiger partial charge in [-0.3, -0.25) is 0 Å². The largest absolute Gasteiger partial charge is 0.416 e. The molecule has 18 heavy (non-hydrogen) atoms. The van der Waals surface area contributed by atoms with Crippen LogP contribution in [0.1, 0.15) is 12.5 Å². The van der Waals surface area contributed by atoms with Crippen molar-refractivity contribution in [2.24, 2.45) is 0 Å². The lowest BCUT2D eigenvalue weighted by molar-refractivity contribution is -0.137. The summed E-state index contributed by atoms with van der Waals surface area (Å²) in [6, 6.07) is 3.91. The number of nitriles is 1. The van der Waals surface area contributed by atoms with Crippen LogP contribution in [0, 0.1) is 11.3 Å². The molecule has 4 nitrogen and oxygen atoms in total. The van der Waals surface area contributed by atoms with Crippen LogP contribution in [0.4, 0.5) is 13.2 Å². The van der Waals surface area contributed by atoms with Gasteiger partial charge in [0.15, 0.2) is 0 Å². The lowest BCUT2D eigenvalue weighted by atomic mass is 10.2. The van der Waals surface area contributed by atoms with Crippen molar-refractivity contribution >= 4 is 10.0 Å². The highest BCUT2D eigenvalue weighted by Gasteiger charge is 2.31. The Kier molecular flexibility index (Phi) is 3.98. The molecule has 1 unspecified atom stereocenters. The molecule has 0 aliphatic carbocycles. The summed E-state index contributed by atoms with van der Waals surface area (Å²) >= 11 is 0. The Morgan fingerprint density at radius 1 is 1.39 bits per heavy atom. The molecule has 0 bridgehead atoms. The second kappa shape index (κ2) is 4.96. The molecule has 1 atom stereocenters. The molecule has 1 rings (SSSR count). The Morgan fingerprint density at radius 3 is 2.50 bits per heavy atom. The van der Waals surface area contributed by atoms with Crippen LogP contribution in [0.2, 0.25) is 0 Å². The highest BCUT2D eigenvalue weighted by Crippen LogP contribution is 2.30. The van der Waals surface area contributed by atoms with Crippen molar-refractivity contribution in [3.05, 3.63) is 29.8 Å². The smallest absolute Gasteiger partial charge is 0.207 e. The SMILES string of the molecule is CC(C#N)NS(=O)(=O)c1cccc(C(F)(F)F)c1. The molecule has 0 fully saturated rings. The van der Waals surface area contributed by atoms with Crippen LogP contribution in [-0.2, 0) is 16.2 Å². The van der Waals surface area contributed by atoms with Crippen molar-refractivity contribution in [3.63, 3.8) is 0 Å². The number of nitrogens with one attached hydrogen (secondary N) is 1. The van der Waals surface area contributed by atoms with Crippen molar-refractivity contribution in [1.29, 1.82) is 5.26 Å². The van der Waals surface area contributed by atoms with Gasteiger partial charge in [0.2, 0.25) is 10.0 Å². The first kappa shape index (κ1) is 14.5. The highest BCUT2D eigenvalue weighted by molar-refractivity contribution is 7.89. The van der Waals surface area contributed by atoms with E-state index in [4.69, 9.17) is 5.26 Å².